The van der Waals surface area contributed by atoms with E-state index in [1.54, 1.807) is 6.20 Å². The summed E-state index contributed by atoms with van der Waals surface area (Å²) in [4.78, 5) is 14.0. The Morgan fingerprint density at radius 3 is 2.95 bits per heavy atom. The first-order valence-electron chi connectivity index (χ1n) is 6.85. The predicted octanol–water partition coefficient (Wildman–Crippen LogP) is 0.497. The van der Waals surface area contributed by atoms with Crippen LogP contribution in [0.4, 0.5) is 5.69 Å². The van der Waals surface area contributed by atoms with Crippen LogP contribution in [0.1, 0.15) is 5.56 Å². The molecule has 3 rings (SSSR count). The molecule has 3 heterocycles. The first-order valence-corrected chi connectivity index (χ1v) is 6.85. The zero-order chi connectivity index (χ0) is 13.9. The van der Waals surface area contributed by atoms with Gasteiger partial charge in [0, 0.05) is 32.4 Å². The van der Waals surface area contributed by atoms with E-state index in [1.165, 1.54) is 4.40 Å². The molecule has 21 heavy (non-hydrogen) atoms. The molecule has 0 unspecified atom stereocenters. The number of hydrogen-bond acceptors (Lipinski definition) is 5. The SMILES string of the molecule is Cc1cc(NCCN2CCOCC2)c2n[nH]c(=O)n2c1.Cl. The molecule has 0 aromatic carbocycles. The molecule has 0 saturated carbocycles. The van der Waals surface area contributed by atoms with Crippen LogP contribution >= 0.6 is 12.4 Å². The normalized spacial score (nSPS) is 15.9. The van der Waals surface area contributed by atoms with E-state index in [0.717, 1.165) is 50.6 Å². The third-order valence-corrected chi connectivity index (χ3v) is 3.50. The van der Waals surface area contributed by atoms with Crippen LogP contribution in [0.15, 0.2) is 17.1 Å². The molecule has 0 bridgehead atoms. The van der Waals surface area contributed by atoms with Crippen LogP contribution in [-0.2, 0) is 4.74 Å². The average molecular weight is 314 g/mol. The molecule has 0 radical (unpaired) electrons. The highest BCUT2D eigenvalue weighted by Gasteiger charge is 2.11. The Bertz CT molecular complexity index is 648. The highest BCUT2D eigenvalue weighted by atomic mass is 35.5. The van der Waals surface area contributed by atoms with Crippen molar-refractivity contribution in [3.8, 4) is 0 Å². The Balaban J connectivity index is 0.00000161. The van der Waals surface area contributed by atoms with Crippen LogP contribution in [-0.4, -0.2) is 58.9 Å². The summed E-state index contributed by atoms with van der Waals surface area (Å²) in [6, 6.07) is 2.01. The Morgan fingerprint density at radius 1 is 1.43 bits per heavy atom. The molecular formula is C13H20ClN5O2. The third-order valence-electron chi connectivity index (χ3n) is 3.50. The fraction of sp³-hybridized carbons (Fsp3) is 0.538. The van der Waals surface area contributed by atoms with Crippen molar-refractivity contribution in [3.05, 3.63) is 28.3 Å². The number of halogens is 1. The number of nitrogens with one attached hydrogen (secondary N) is 2. The molecule has 7 nitrogen and oxygen atoms in total. The number of pyridine rings is 1. The highest BCUT2D eigenvalue weighted by molar-refractivity contribution is 5.85. The number of ether oxygens (including phenoxy) is 1. The molecule has 1 aliphatic heterocycles. The van der Waals surface area contributed by atoms with Crippen molar-refractivity contribution in [2.45, 2.75) is 6.92 Å². The number of H-pyrrole nitrogens is 1. The molecule has 2 aromatic rings. The maximum absolute atomic E-state index is 11.6. The van der Waals surface area contributed by atoms with Crippen LogP contribution in [0.3, 0.4) is 0 Å². The lowest BCUT2D eigenvalue weighted by molar-refractivity contribution is 0.0398. The number of fused-ring (bicyclic) bond motifs is 1. The van der Waals surface area contributed by atoms with Gasteiger partial charge in [-0.15, -0.1) is 12.4 Å². The van der Waals surface area contributed by atoms with Gasteiger partial charge in [-0.2, -0.15) is 5.10 Å². The number of rotatable bonds is 4. The van der Waals surface area contributed by atoms with Crippen molar-refractivity contribution in [3.63, 3.8) is 0 Å². The molecule has 1 saturated heterocycles. The number of hydrogen-bond donors (Lipinski definition) is 2. The Morgan fingerprint density at radius 2 is 2.19 bits per heavy atom. The summed E-state index contributed by atoms with van der Waals surface area (Å²) in [5.74, 6) is 0. The quantitative estimate of drug-likeness (QED) is 0.859. The summed E-state index contributed by atoms with van der Waals surface area (Å²) in [5, 5.41) is 9.89. The molecule has 2 N–H and O–H groups in total. The molecular weight excluding hydrogens is 294 g/mol. The van der Waals surface area contributed by atoms with Gasteiger partial charge in [-0.3, -0.25) is 4.90 Å². The van der Waals surface area contributed by atoms with Crippen LogP contribution in [0.25, 0.3) is 5.65 Å². The molecule has 1 fully saturated rings. The van der Waals surface area contributed by atoms with E-state index in [-0.39, 0.29) is 18.1 Å². The van der Waals surface area contributed by atoms with Crippen LogP contribution in [0.2, 0.25) is 0 Å². The van der Waals surface area contributed by atoms with Gasteiger partial charge in [0.05, 0.1) is 18.9 Å². The van der Waals surface area contributed by atoms with E-state index in [9.17, 15) is 4.79 Å². The minimum Gasteiger partial charge on any atom is -0.381 e. The van der Waals surface area contributed by atoms with E-state index in [1.807, 2.05) is 13.0 Å². The summed E-state index contributed by atoms with van der Waals surface area (Å²) < 4.78 is 6.86. The summed E-state index contributed by atoms with van der Waals surface area (Å²) in [6.45, 7) is 7.32. The predicted molar refractivity (Wildman–Crippen MR) is 83.5 cm³/mol. The summed E-state index contributed by atoms with van der Waals surface area (Å²) in [6.07, 6.45) is 1.79. The average Bonchev–Trinajstić information content (AvgIpc) is 2.82. The highest BCUT2D eigenvalue weighted by Crippen LogP contribution is 2.14. The van der Waals surface area contributed by atoms with E-state index in [4.69, 9.17) is 4.74 Å². The van der Waals surface area contributed by atoms with Crippen LogP contribution in [0.5, 0.6) is 0 Å². The number of morpholine rings is 1. The van der Waals surface area contributed by atoms with Gasteiger partial charge < -0.3 is 10.1 Å². The van der Waals surface area contributed by atoms with Gasteiger partial charge >= 0.3 is 5.69 Å². The van der Waals surface area contributed by atoms with Crippen LogP contribution < -0.4 is 11.0 Å². The van der Waals surface area contributed by atoms with Gasteiger partial charge in [-0.1, -0.05) is 0 Å². The van der Waals surface area contributed by atoms with E-state index >= 15 is 0 Å². The molecule has 8 heteroatoms. The lowest BCUT2D eigenvalue weighted by atomic mass is 10.3. The van der Waals surface area contributed by atoms with E-state index in [0.29, 0.717) is 5.65 Å². The first-order chi connectivity index (χ1) is 9.74. The Hall–Kier alpha value is -1.57. The van der Waals surface area contributed by atoms with Gasteiger partial charge in [-0.25, -0.2) is 14.3 Å². The Labute approximate surface area is 128 Å². The number of aromatic amines is 1. The molecule has 116 valence electrons. The Kier molecular flexibility index (Phi) is 5.22. The lowest BCUT2D eigenvalue weighted by Gasteiger charge is -2.26. The number of anilines is 1. The van der Waals surface area contributed by atoms with Gasteiger partial charge in [0.2, 0.25) is 0 Å². The molecule has 0 spiro atoms. The van der Waals surface area contributed by atoms with Gasteiger partial charge in [0.1, 0.15) is 0 Å². The summed E-state index contributed by atoms with van der Waals surface area (Å²) in [7, 11) is 0. The maximum atomic E-state index is 11.6. The van der Waals surface area contributed by atoms with Crippen molar-refractivity contribution in [1.82, 2.24) is 19.5 Å². The minimum absolute atomic E-state index is 0. The molecule has 1 aliphatic rings. The lowest BCUT2D eigenvalue weighted by Crippen LogP contribution is -2.39. The second-order valence-corrected chi connectivity index (χ2v) is 5.03. The molecule has 0 aliphatic carbocycles. The monoisotopic (exact) mass is 313 g/mol. The first kappa shape index (κ1) is 15.8. The largest absolute Gasteiger partial charge is 0.381 e. The minimum atomic E-state index is -0.208. The maximum Gasteiger partial charge on any atom is 0.347 e. The van der Waals surface area contributed by atoms with Crippen molar-refractivity contribution in [1.29, 1.82) is 0 Å². The number of nitrogens with zero attached hydrogens (tertiary/aromatic N) is 3. The number of aryl methyl sites for hydroxylation is 1. The smallest absolute Gasteiger partial charge is 0.347 e. The van der Waals surface area contributed by atoms with Gasteiger partial charge in [0.15, 0.2) is 5.65 Å². The fourth-order valence-electron chi connectivity index (χ4n) is 2.45. The van der Waals surface area contributed by atoms with E-state index < -0.39 is 0 Å². The second kappa shape index (κ2) is 6.93. The van der Waals surface area contributed by atoms with Crippen molar-refractivity contribution < 1.29 is 4.74 Å². The van der Waals surface area contributed by atoms with Crippen molar-refractivity contribution >= 4 is 23.7 Å². The molecule has 0 atom stereocenters. The zero-order valence-electron chi connectivity index (χ0n) is 12.0. The third kappa shape index (κ3) is 3.55. The summed E-state index contributed by atoms with van der Waals surface area (Å²) in [5.41, 5.74) is 2.34. The summed E-state index contributed by atoms with van der Waals surface area (Å²) >= 11 is 0. The molecule has 2 aromatic heterocycles. The fourth-order valence-corrected chi connectivity index (χ4v) is 2.45. The van der Waals surface area contributed by atoms with Gasteiger partial charge in [0.25, 0.3) is 0 Å². The molecule has 0 amide bonds. The van der Waals surface area contributed by atoms with Gasteiger partial charge in [-0.05, 0) is 18.6 Å². The van der Waals surface area contributed by atoms with Crippen molar-refractivity contribution in [2.24, 2.45) is 0 Å². The van der Waals surface area contributed by atoms with Crippen LogP contribution in [0, 0.1) is 6.92 Å². The second-order valence-electron chi connectivity index (χ2n) is 5.03. The van der Waals surface area contributed by atoms with E-state index in [2.05, 4.69) is 20.4 Å². The topological polar surface area (TPSA) is 74.7 Å². The number of aromatic nitrogens is 3. The zero-order valence-corrected chi connectivity index (χ0v) is 12.8. The van der Waals surface area contributed by atoms with Crippen molar-refractivity contribution in [2.75, 3.05) is 44.7 Å². The standard InChI is InChI=1S/C13H19N5O2.ClH/c1-10-8-11(12-15-16-13(19)18(12)9-10)14-2-3-17-4-6-20-7-5-17;/h8-9,14H,2-7H2,1H3,(H,16,19);1H.